The van der Waals surface area contributed by atoms with Crippen LogP contribution < -0.4 is 0 Å². The maximum Gasteiger partial charge on any atom is 0.264 e. The number of unbranched alkanes of at least 4 members (excludes halogenated alkanes) is 3. The van der Waals surface area contributed by atoms with Gasteiger partial charge in [-0.15, -0.1) is 0 Å². The second-order valence-electron chi connectivity index (χ2n) is 2.20. The van der Waals surface area contributed by atoms with Gasteiger partial charge >= 0.3 is 0 Å². The normalized spacial score (nSPS) is 11.7. The van der Waals surface area contributed by atoms with Crippen molar-refractivity contribution >= 4 is 10.1 Å². The van der Waals surface area contributed by atoms with E-state index in [1.165, 1.54) is 0 Å². The van der Waals surface area contributed by atoms with Gasteiger partial charge in [0.15, 0.2) is 0 Å². The van der Waals surface area contributed by atoms with E-state index in [0.29, 0.717) is 6.42 Å². The lowest BCUT2D eigenvalue weighted by molar-refractivity contribution is 0.479. The van der Waals surface area contributed by atoms with E-state index < -0.39 is 10.1 Å². The highest BCUT2D eigenvalue weighted by atomic mass is 32.2. The zero-order chi connectivity index (χ0) is 8.04. The highest BCUT2D eigenvalue weighted by molar-refractivity contribution is 7.85. The Morgan fingerprint density at radius 2 is 1.80 bits per heavy atom. The Balaban J connectivity index is 3.21. The van der Waals surface area contributed by atoms with E-state index in [0.717, 1.165) is 19.3 Å². The minimum atomic E-state index is -3.72. The average Bonchev–Trinajstić information content (AvgIpc) is 1.78. The minimum Gasteiger partial charge on any atom is -0.286 e. The molecule has 0 aliphatic rings. The molecule has 0 spiro atoms. The SMILES string of the molecule is [CH2+]CCCCCS(=O)(=O)O. The summed E-state index contributed by atoms with van der Waals surface area (Å²) in [5.41, 5.74) is 0. The maximum atomic E-state index is 10.1. The molecule has 0 aromatic heterocycles. The largest absolute Gasteiger partial charge is 0.286 e. The molecule has 0 bridgehead atoms. The molecule has 0 saturated heterocycles. The zero-order valence-corrected chi connectivity index (χ0v) is 6.73. The van der Waals surface area contributed by atoms with Crippen molar-refractivity contribution in [3.63, 3.8) is 0 Å². The molecule has 0 aromatic carbocycles. The summed E-state index contributed by atoms with van der Waals surface area (Å²) >= 11 is 0. The van der Waals surface area contributed by atoms with Gasteiger partial charge in [-0.1, -0.05) is 0 Å². The predicted molar refractivity (Wildman–Crippen MR) is 40.2 cm³/mol. The second-order valence-corrected chi connectivity index (χ2v) is 3.77. The minimum absolute atomic E-state index is 0.118. The van der Waals surface area contributed by atoms with Gasteiger partial charge in [0.25, 0.3) is 10.1 Å². The Morgan fingerprint density at radius 3 is 2.20 bits per heavy atom. The van der Waals surface area contributed by atoms with E-state index in [4.69, 9.17) is 4.55 Å². The van der Waals surface area contributed by atoms with Crippen molar-refractivity contribution in [2.24, 2.45) is 0 Å². The van der Waals surface area contributed by atoms with Crippen molar-refractivity contribution in [2.45, 2.75) is 25.7 Å². The average molecular weight is 165 g/mol. The predicted octanol–water partition coefficient (Wildman–Crippen LogP) is 1.27. The molecule has 0 amide bonds. The van der Waals surface area contributed by atoms with Gasteiger partial charge in [-0.3, -0.25) is 4.55 Å². The lowest BCUT2D eigenvalue weighted by Crippen LogP contribution is -2.03. The Bertz CT molecular complexity index is 160. The van der Waals surface area contributed by atoms with Crippen LogP contribution in [0.3, 0.4) is 0 Å². The molecular weight excluding hydrogens is 152 g/mol. The third-order valence-corrected chi connectivity index (χ3v) is 1.96. The van der Waals surface area contributed by atoms with Crippen molar-refractivity contribution in [3.05, 3.63) is 6.92 Å². The van der Waals surface area contributed by atoms with Crippen molar-refractivity contribution in [1.82, 2.24) is 0 Å². The summed E-state index contributed by atoms with van der Waals surface area (Å²) in [6, 6.07) is 0. The summed E-state index contributed by atoms with van der Waals surface area (Å²) in [5, 5.41) is 0. The second kappa shape index (κ2) is 4.57. The number of hydrogen-bond acceptors (Lipinski definition) is 2. The molecule has 3 nitrogen and oxygen atoms in total. The molecular formula is C6H13O3S+. The van der Waals surface area contributed by atoms with Crippen LogP contribution in [0.15, 0.2) is 0 Å². The summed E-state index contributed by atoms with van der Waals surface area (Å²) in [6.07, 6.45) is 3.11. The van der Waals surface area contributed by atoms with Gasteiger partial charge in [-0.25, -0.2) is 0 Å². The highest BCUT2D eigenvalue weighted by Crippen LogP contribution is 1.99. The van der Waals surface area contributed by atoms with Crippen LogP contribution in [0.4, 0.5) is 0 Å². The molecule has 0 atom stereocenters. The van der Waals surface area contributed by atoms with Crippen LogP contribution in [0.1, 0.15) is 25.7 Å². The topological polar surface area (TPSA) is 54.4 Å². The third-order valence-electron chi connectivity index (χ3n) is 1.15. The zero-order valence-electron chi connectivity index (χ0n) is 5.91. The van der Waals surface area contributed by atoms with Crippen LogP contribution in [0.5, 0.6) is 0 Å². The fourth-order valence-corrected chi connectivity index (χ4v) is 1.21. The Hall–Kier alpha value is -0.220. The molecule has 0 unspecified atom stereocenters. The van der Waals surface area contributed by atoms with Crippen LogP contribution in [0.2, 0.25) is 0 Å². The molecule has 0 saturated carbocycles. The quantitative estimate of drug-likeness (QED) is 0.379. The van der Waals surface area contributed by atoms with Crippen LogP contribution in [-0.2, 0) is 10.1 Å². The molecule has 0 radical (unpaired) electrons. The monoisotopic (exact) mass is 165 g/mol. The first kappa shape index (κ1) is 9.78. The molecule has 0 heterocycles. The van der Waals surface area contributed by atoms with Crippen molar-refractivity contribution in [1.29, 1.82) is 0 Å². The van der Waals surface area contributed by atoms with E-state index in [1.54, 1.807) is 0 Å². The van der Waals surface area contributed by atoms with Gasteiger partial charge in [0.2, 0.25) is 0 Å². The van der Waals surface area contributed by atoms with Gasteiger partial charge in [-0.2, -0.15) is 8.42 Å². The number of rotatable bonds is 5. The fraction of sp³-hybridized carbons (Fsp3) is 0.833. The van der Waals surface area contributed by atoms with Gasteiger partial charge in [0.1, 0.15) is 0 Å². The van der Waals surface area contributed by atoms with E-state index in [1.807, 2.05) is 0 Å². The van der Waals surface area contributed by atoms with Crippen molar-refractivity contribution < 1.29 is 13.0 Å². The van der Waals surface area contributed by atoms with E-state index in [9.17, 15) is 8.42 Å². The molecule has 10 heavy (non-hydrogen) atoms. The fourth-order valence-electron chi connectivity index (χ4n) is 0.638. The van der Waals surface area contributed by atoms with E-state index >= 15 is 0 Å². The lowest BCUT2D eigenvalue weighted by Gasteiger charge is -1.93. The van der Waals surface area contributed by atoms with E-state index in [2.05, 4.69) is 6.92 Å². The van der Waals surface area contributed by atoms with Gasteiger partial charge in [-0.05, 0) is 19.3 Å². The molecule has 0 fully saturated rings. The summed E-state index contributed by atoms with van der Waals surface area (Å²) in [4.78, 5) is 0. The van der Waals surface area contributed by atoms with Gasteiger partial charge in [0.05, 0.1) is 19.1 Å². The van der Waals surface area contributed by atoms with Crippen molar-refractivity contribution in [2.75, 3.05) is 5.75 Å². The smallest absolute Gasteiger partial charge is 0.264 e. The lowest BCUT2D eigenvalue weighted by atomic mass is 10.2. The molecule has 0 aliphatic heterocycles. The first-order chi connectivity index (χ1) is 4.56. The first-order valence-corrected chi connectivity index (χ1v) is 4.91. The van der Waals surface area contributed by atoms with Crippen LogP contribution in [0.25, 0.3) is 0 Å². The highest BCUT2D eigenvalue weighted by Gasteiger charge is 2.02. The van der Waals surface area contributed by atoms with E-state index in [-0.39, 0.29) is 5.75 Å². The molecule has 0 rings (SSSR count). The van der Waals surface area contributed by atoms with Gasteiger partial charge < -0.3 is 0 Å². The Morgan fingerprint density at radius 1 is 1.20 bits per heavy atom. The molecule has 1 N–H and O–H groups in total. The van der Waals surface area contributed by atoms with Crippen molar-refractivity contribution in [3.8, 4) is 0 Å². The molecule has 0 aromatic rings. The standard InChI is InChI=1S/C6H12O3S/c1-2-3-4-5-6-10(7,8)9/h1-6H2/p+1. The third kappa shape index (κ3) is 7.78. The maximum absolute atomic E-state index is 10.1. The van der Waals surface area contributed by atoms with Crippen LogP contribution in [-0.4, -0.2) is 18.7 Å². The van der Waals surface area contributed by atoms with Crippen LogP contribution >= 0.6 is 0 Å². The Labute approximate surface area is 62.2 Å². The van der Waals surface area contributed by atoms with Gasteiger partial charge in [0, 0.05) is 0 Å². The Kier molecular flexibility index (Phi) is 4.47. The molecule has 0 aliphatic carbocycles. The summed E-state index contributed by atoms with van der Waals surface area (Å²) in [5.74, 6) is -0.118. The molecule has 60 valence electrons. The molecule has 4 heteroatoms. The van der Waals surface area contributed by atoms with Crippen LogP contribution in [0, 0.1) is 6.92 Å². The first-order valence-electron chi connectivity index (χ1n) is 3.30. The number of hydrogen-bond donors (Lipinski definition) is 1. The summed E-state index contributed by atoms with van der Waals surface area (Å²) in [7, 11) is -3.72. The summed E-state index contributed by atoms with van der Waals surface area (Å²) < 4.78 is 28.5. The summed E-state index contributed by atoms with van der Waals surface area (Å²) in [6.45, 7) is 3.61.